The van der Waals surface area contributed by atoms with Gasteiger partial charge in [-0.15, -0.1) is 0 Å². The van der Waals surface area contributed by atoms with Gasteiger partial charge in [-0.1, -0.05) is 12.1 Å². The molecule has 0 bridgehead atoms. The standard InChI is InChI=1S/C26H23FN2O4/c1-16(2)33-21-9-5-19(6-10-21)24(30)22-23(18-11-13-28-14-12-18)29(26(32)25(22)31)15-17-3-7-20(27)8-4-17/h3-14,16,23,30H,15H2,1-2H3/b24-22-. The molecule has 168 valence electrons. The van der Waals surface area contributed by atoms with Gasteiger partial charge in [-0.3, -0.25) is 14.6 Å². The van der Waals surface area contributed by atoms with E-state index >= 15 is 0 Å². The van der Waals surface area contributed by atoms with Crippen LogP contribution in [-0.2, 0) is 16.1 Å². The molecular weight excluding hydrogens is 423 g/mol. The van der Waals surface area contributed by atoms with E-state index in [2.05, 4.69) is 4.98 Å². The van der Waals surface area contributed by atoms with Crippen molar-refractivity contribution in [2.75, 3.05) is 0 Å². The Labute approximate surface area is 191 Å². The van der Waals surface area contributed by atoms with Gasteiger partial charge in [-0.25, -0.2) is 4.39 Å². The van der Waals surface area contributed by atoms with Crippen molar-refractivity contribution in [3.63, 3.8) is 0 Å². The van der Waals surface area contributed by atoms with Crippen LogP contribution in [0.3, 0.4) is 0 Å². The number of rotatable bonds is 6. The summed E-state index contributed by atoms with van der Waals surface area (Å²) < 4.78 is 19.0. The molecule has 3 aromatic rings. The van der Waals surface area contributed by atoms with E-state index in [1.807, 2.05) is 13.8 Å². The van der Waals surface area contributed by atoms with Crippen LogP contribution in [0.5, 0.6) is 5.75 Å². The van der Waals surface area contributed by atoms with Crippen molar-refractivity contribution in [3.8, 4) is 5.75 Å². The van der Waals surface area contributed by atoms with E-state index in [-0.39, 0.29) is 24.0 Å². The average Bonchev–Trinajstić information content (AvgIpc) is 3.05. The van der Waals surface area contributed by atoms with Crippen LogP contribution in [0.15, 0.2) is 78.6 Å². The normalized spacial score (nSPS) is 17.6. The van der Waals surface area contributed by atoms with Crippen LogP contribution in [0, 0.1) is 5.82 Å². The molecule has 0 saturated carbocycles. The van der Waals surface area contributed by atoms with Crippen molar-refractivity contribution in [2.24, 2.45) is 0 Å². The van der Waals surface area contributed by atoms with Gasteiger partial charge in [0.2, 0.25) is 0 Å². The summed E-state index contributed by atoms with van der Waals surface area (Å²) in [6.07, 6.45) is 3.12. The van der Waals surface area contributed by atoms with Crippen LogP contribution in [0.1, 0.15) is 36.6 Å². The number of likely N-dealkylation sites (tertiary alicyclic amines) is 1. The minimum absolute atomic E-state index is 0.00655. The molecule has 6 nitrogen and oxygen atoms in total. The zero-order chi connectivity index (χ0) is 23.5. The smallest absolute Gasteiger partial charge is 0.295 e. The molecule has 1 aromatic heterocycles. The van der Waals surface area contributed by atoms with E-state index < -0.39 is 23.5 Å². The molecule has 7 heteroatoms. The second-order valence-electron chi connectivity index (χ2n) is 8.02. The number of aliphatic hydroxyl groups is 1. The number of ketones is 1. The van der Waals surface area contributed by atoms with Crippen LogP contribution in [0.25, 0.3) is 5.76 Å². The quantitative estimate of drug-likeness (QED) is 0.339. The Morgan fingerprint density at radius 2 is 1.67 bits per heavy atom. The second kappa shape index (κ2) is 9.24. The Morgan fingerprint density at radius 3 is 2.27 bits per heavy atom. The number of Topliss-reactive ketones (excluding diaryl/α,β-unsaturated/α-hetero) is 1. The van der Waals surface area contributed by atoms with Gasteiger partial charge in [0.05, 0.1) is 17.7 Å². The third-order valence-electron chi connectivity index (χ3n) is 5.33. The highest BCUT2D eigenvalue weighted by molar-refractivity contribution is 6.46. The number of amides is 1. The van der Waals surface area contributed by atoms with E-state index in [1.54, 1.807) is 60.9 Å². The van der Waals surface area contributed by atoms with Crippen LogP contribution in [0.4, 0.5) is 4.39 Å². The highest BCUT2D eigenvalue weighted by atomic mass is 19.1. The summed E-state index contributed by atoms with van der Waals surface area (Å²) in [6, 6.07) is 15.0. The number of carbonyl (C=O) groups is 2. The number of carbonyl (C=O) groups excluding carboxylic acids is 2. The predicted octanol–water partition coefficient (Wildman–Crippen LogP) is 4.63. The van der Waals surface area contributed by atoms with Gasteiger partial charge in [0, 0.05) is 24.5 Å². The van der Waals surface area contributed by atoms with Crippen LogP contribution in [-0.4, -0.2) is 32.8 Å². The van der Waals surface area contributed by atoms with Crippen molar-refractivity contribution in [1.29, 1.82) is 0 Å². The van der Waals surface area contributed by atoms with Crippen molar-refractivity contribution in [3.05, 3.63) is 101 Å². The van der Waals surface area contributed by atoms with Gasteiger partial charge >= 0.3 is 0 Å². The lowest BCUT2D eigenvalue weighted by molar-refractivity contribution is -0.140. The van der Waals surface area contributed by atoms with E-state index in [9.17, 15) is 19.1 Å². The number of hydrogen-bond donors (Lipinski definition) is 1. The molecule has 1 fully saturated rings. The summed E-state index contributed by atoms with van der Waals surface area (Å²) in [5.74, 6) is -1.55. The first-order chi connectivity index (χ1) is 15.8. The second-order valence-corrected chi connectivity index (χ2v) is 8.02. The molecule has 1 aliphatic rings. The average molecular weight is 446 g/mol. The number of halogens is 1. The van der Waals surface area contributed by atoms with Crippen molar-refractivity contribution < 1.29 is 23.8 Å². The Hall–Kier alpha value is -4.00. The van der Waals surface area contributed by atoms with Crippen LogP contribution >= 0.6 is 0 Å². The first kappa shape index (κ1) is 22.2. The molecule has 4 rings (SSSR count). The van der Waals surface area contributed by atoms with Crippen molar-refractivity contribution >= 4 is 17.4 Å². The van der Waals surface area contributed by atoms with E-state index in [0.717, 1.165) is 0 Å². The summed E-state index contributed by atoms with van der Waals surface area (Å²) in [7, 11) is 0. The summed E-state index contributed by atoms with van der Waals surface area (Å²) in [6.45, 7) is 3.90. The number of nitrogens with zero attached hydrogens (tertiary/aromatic N) is 2. The van der Waals surface area contributed by atoms with Crippen LogP contribution < -0.4 is 4.74 Å². The predicted molar refractivity (Wildman–Crippen MR) is 121 cm³/mol. The van der Waals surface area contributed by atoms with Crippen molar-refractivity contribution in [1.82, 2.24) is 9.88 Å². The van der Waals surface area contributed by atoms with Crippen LogP contribution in [0.2, 0.25) is 0 Å². The first-order valence-electron chi connectivity index (χ1n) is 10.5. The summed E-state index contributed by atoms with van der Waals surface area (Å²) >= 11 is 0. The number of aliphatic hydroxyl groups excluding tert-OH is 1. The number of hydrogen-bond acceptors (Lipinski definition) is 5. The lowest BCUT2D eigenvalue weighted by atomic mass is 9.96. The maximum Gasteiger partial charge on any atom is 0.295 e. The Bertz CT molecular complexity index is 1190. The fourth-order valence-corrected chi connectivity index (χ4v) is 3.84. The highest BCUT2D eigenvalue weighted by Gasteiger charge is 2.46. The molecule has 1 saturated heterocycles. The highest BCUT2D eigenvalue weighted by Crippen LogP contribution is 2.40. The molecule has 1 atom stereocenters. The Morgan fingerprint density at radius 1 is 1.03 bits per heavy atom. The van der Waals surface area contributed by atoms with Gasteiger partial charge in [0.1, 0.15) is 17.3 Å². The first-order valence-corrected chi connectivity index (χ1v) is 10.5. The summed E-state index contributed by atoms with van der Waals surface area (Å²) in [4.78, 5) is 31.5. The van der Waals surface area contributed by atoms with E-state index in [1.165, 1.54) is 17.0 Å². The molecule has 2 aromatic carbocycles. The largest absolute Gasteiger partial charge is 0.507 e. The number of benzene rings is 2. The Balaban J connectivity index is 1.77. The Kier molecular flexibility index (Phi) is 6.22. The molecule has 2 heterocycles. The molecular formula is C26H23FN2O4. The molecule has 1 unspecified atom stereocenters. The zero-order valence-corrected chi connectivity index (χ0v) is 18.2. The van der Waals surface area contributed by atoms with Gasteiger partial charge in [0.15, 0.2) is 0 Å². The minimum atomic E-state index is -0.815. The van der Waals surface area contributed by atoms with E-state index in [4.69, 9.17) is 4.74 Å². The van der Waals surface area contributed by atoms with Gasteiger partial charge in [0.25, 0.3) is 11.7 Å². The molecule has 1 amide bonds. The molecule has 1 aliphatic heterocycles. The van der Waals surface area contributed by atoms with Gasteiger partial charge < -0.3 is 14.7 Å². The number of aromatic nitrogens is 1. The van der Waals surface area contributed by atoms with E-state index in [0.29, 0.717) is 22.4 Å². The van der Waals surface area contributed by atoms with Gasteiger partial charge in [-0.05, 0) is 73.5 Å². The monoisotopic (exact) mass is 446 g/mol. The number of pyridine rings is 1. The molecule has 33 heavy (non-hydrogen) atoms. The SMILES string of the molecule is CC(C)Oc1ccc(/C(O)=C2/C(=O)C(=O)N(Cc3ccc(F)cc3)C2c2ccncc2)cc1. The summed E-state index contributed by atoms with van der Waals surface area (Å²) in [5.41, 5.74) is 1.68. The summed E-state index contributed by atoms with van der Waals surface area (Å²) in [5, 5.41) is 11.1. The maximum absolute atomic E-state index is 13.3. The molecule has 1 N–H and O–H groups in total. The lowest BCUT2D eigenvalue weighted by Gasteiger charge is -2.25. The molecule has 0 radical (unpaired) electrons. The third kappa shape index (κ3) is 4.62. The molecule has 0 aliphatic carbocycles. The lowest BCUT2D eigenvalue weighted by Crippen LogP contribution is -2.29. The van der Waals surface area contributed by atoms with Gasteiger partial charge in [-0.2, -0.15) is 0 Å². The fraction of sp³-hybridized carbons (Fsp3) is 0.192. The third-order valence-corrected chi connectivity index (χ3v) is 5.33. The molecule has 0 spiro atoms. The number of ether oxygens (including phenoxy) is 1. The maximum atomic E-state index is 13.3. The topological polar surface area (TPSA) is 79.7 Å². The zero-order valence-electron chi connectivity index (χ0n) is 18.2. The fourth-order valence-electron chi connectivity index (χ4n) is 3.84. The van der Waals surface area contributed by atoms with Crippen molar-refractivity contribution in [2.45, 2.75) is 32.5 Å². The minimum Gasteiger partial charge on any atom is -0.507 e.